The highest BCUT2D eigenvalue weighted by molar-refractivity contribution is 5.42. The molecule has 1 heterocycles. The Kier molecular flexibility index (Phi) is 1.77. The second kappa shape index (κ2) is 2.88. The number of fused-ring (bicyclic) bond motifs is 3. The fourth-order valence-electron chi connectivity index (χ4n) is 3.53. The van der Waals surface area contributed by atoms with Gasteiger partial charge in [-0.25, -0.2) is 0 Å². The highest BCUT2D eigenvalue weighted by atomic mass is 16.3. The van der Waals surface area contributed by atoms with Gasteiger partial charge in [-0.1, -0.05) is 13.3 Å². The molecule has 1 saturated carbocycles. The van der Waals surface area contributed by atoms with Crippen LogP contribution in [-0.4, -0.2) is 0 Å². The van der Waals surface area contributed by atoms with Crippen LogP contribution in [0.5, 0.6) is 0 Å². The molecular formula is C13H18O. The van der Waals surface area contributed by atoms with Crippen LogP contribution in [0.1, 0.15) is 54.8 Å². The lowest BCUT2D eigenvalue weighted by molar-refractivity contribution is 0.449. The van der Waals surface area contributed by atoms with Gasteiger partial charge in [0.25, 0.3) is 0 Å². The molecule has 3 rings (SSSR count). The Morgan fingerprint density at radius 1 is 1.36 bits per heavy atom. The Hall–Kier alpha value is -0.720. The maximum atomic E-state index is 5.84. The van der Waals surface area contributed by atoms with E-state index in [1.165, 1.54) is 37.2 Å². The van der Waals surface area contributed by atoms with Gasteiger partial charge in [0.05, 0.1) is 0 Å². The van der Waals surface area contributed by atoms with Crippen molar-refractivity contribution in [2.24, 2.45) is 5.92 Å². The van der Waals surface area contributed by atoms with Crippen molar-refractivity contribution < 1.29 is 4.42 Å². The first-order chi connectivity index (χ1) is 6.81. The Morgan fingerprint density at radius 2 is 2.21 bits per heavy atom. The predicted molar refractivity (Wildman–Crippen MR) is 56.6 cm³/mol. The lowest BCUT2D eigenvalue weighted by Crippen LogP contribution is -2.00. The van der Waals surface area contributed by atoms with E-state index >= 15 is 0 Å². The zero-order valence-electron chi connectivity index (χ0n) is 9.10. The number of rotatable bonds is 1. The summed E-state index contributed by atoms with van der Waals surface area (Å²) in [4.78, 5) is 0. The van der Waals surface area contributed by atoms with Gasteiger partial charge in [0.15, 0.2) is 0 Å². The topological polar surface area (TPSA) is 13.1 Å². The van der Waals surface area contributed by atoms with Crippen LogP contribution in [-0.2, 0) is 12.8 Å². The molecule has 0 aliphatic heterocycles. The van der Waals surface area contributed by atoms with E-state index in [2.05, 4.69) is 13.8 Å². The first-order valence-electron chi connectivity index (χ1n) is 5.92. The van der Waals surface area contributed by atoms with Crippen LogP contribution >= 0.6 is 0 Å². The SMILES string of the molecule is CCc1oc(C)c2c1C1CCCC1C2. The van der Waals surface area contributed by atoms with Crippen molar-refractivity contribution in [3.05, 3.63) is 22.6 Å². The molecule has 0 saturated heterocycles. The van der Waals surface area contributed by atoms with Gasteiger partial charge in [-0.3, -0.25) is 0 Å². The Morgan fingerprint density at radius 3 is 3.00 bits per heavy atom. The lowest BCUT2D eigenvalue weighted by atomic mass is 9.95. The molecule has 1 nitrogen and oxygen atoms in total. The quantitative estimate of drug-likeness (QED) is 0.659. The van der Waals surface area contributed by atoms with Crippen LogP contribution in [0.25, 0.3) is 0 Å². The standard InChI is InChI=1S/C13H18O/c1-3-12-13-10-6-4-5-9(10)7-11(13)8(2)14-12/h9-10H,3-7H2,1-2H3. The third-order valence-corrected chi connectivity index (χ3v) is 4.14. The van der Waals surface area contributed by atoms with Crippen molar-refractivity contribution in [2.75, 3.05) is 0 Å². The van der Waals surface area contributed by atoms with Gasteiger partial charge in [0.1, 0.15) is 11.5 Å². The average Bonchev–Trinajstić information content (AvgIpc) is 2.77. The van der Waals surface area contributed by atoms with Gasteiger partial charge in [-0.2, -0.15) is 0 Å². The summed E-state index contributed by atoms with van der Waals surface area (Å²) in [5.41, 5.74) is 3.18. The van der Waals surface area contributed by atoms with Gasteiger partial charge in [-0.15, -0.1) is 0 Å². The molecule has 2 unspecified atom stereocenters. The Bertz CT molecular complexity index is 362. The van der Waals surface area contributed by atoms with Crippen LogP contribution in [0.2, 0.25) is 0 Å². The second-order valence-electron chi connectivity index (χ2n) is 4.83. The monoisotopic (exact) mass is 190 g/mol. The van der Waals surface area contributed by atoms with E-state index in [1.54, 1.807) is 11.1 Å². The minimum absolute atomic E-state index is 0.859. The minimum Gasteiger partial charge on any atom is -0.466 e. The average molecular weight is 190 g/mol. The molecule has 0 amide bonds. The normalized spacial score (nSPS) is 29.3. The maximum absolute atomic E-state index is 5.84. The fraction of sp³-hybridized carbons (Fsp3) is 0.692. The molecule has 2 aliphatic carbocycles. The number of aryl methyl sites for hydroxylation is 2. The molecule has 1 aromatic heterocycles. The molecule has 76 valence electrons. The largest absolute Gasteiger partial charge is 0.466 e. The second-order valence-corrected chi connectivity index (χ2v) is 4.83. The predicted octanol–water partition coefficient (Wildman–Crippen LogP) is 3.59. The summed E-state index contributed by atoms with van der Waals surface area (Å²) < 4.78 is 5.84. The maximum Gasteiger partial charge on any atom is 0.107 e. The molecule has 0 radical (unpaired) electrons. The number of hydrogen-bond acceptors (Lipinski definition) is 1. The first-order valence-corrected chi connectivity index (χ1v) is 5.92. The van der Waals surface area contributed by atoms with Crippen molar-refractivity contribution in [2.45, 2.75) is 51.9 Å². The zero-order chi connectivity index (χ0) is 9.71. The molecule has 1 fully saturated rings. The summed E-state index contributed by atoms with van der Waals surface area (Å²) in [6, 6.07) is 0. The third kappa shape index (κ3) is 0.958. The molecule has 0 N–H and O–H groups in total. The fourth-order valence-corrected chi connectivity index (χ4v) is 3.53. The molecule has 2 atom stereocenters. The molecule has 2 aliphatic rings. The van der Waals surface area contributed by atoms with Gasteiger partial charge < -0.3 is 4.42 Å². The van der Waals surface area contributed by atoms with Crippen molar-refractivity contribution in [3.8, 4) is 0 Å². The van der Waals surface area contributed by atoms with Gasteiger partial charge in [-0.05, 0) is 43.6 Å². The van der Waals surface area contributed by atoms with E-state index in [-0.39, 0.29) is 0 Å². The summed E-state index contributed by atoms with van der Waals surface area (Å²) in [5.74, 6) is 4.30. The van der Waals surface area contributed by atoms with Crippen LogP contribution in [0.3, 0.4) is 0 Å². The molecule has 0 spiro atoms. The highest BCUT2D eigenvalue weighted by Crippen LogP contribution is 2.51. The summed E-state index contributed by atoms with van der Waals surface area (Å²) in [6.45, 7) is 4.35. The molecular weight excluding hydrogens is 172 g/mol. The molecule has 0 aromatic carbocycles. The summed E-state index contributed by atoms with van der Waals surface area (Å²) in [6.07, 6.45) is 6.66. The van der Waals surface area contributed by atoms with E-state index in [0.29, 0.717) is 0 Å². The van der Waals surface area contributed by atoms with Crippen LogP contribution in [0, 0.1) is 12.8 Å². The van der Waals surface area contributed by atoms with Crippen molar-refractivity contribution in [1.82, 2.24) is 0 Å². The first kappa shape index (κ1) is 8.58. The van der Waals surface area contributed by atoms with Crippen molar-refractivity contribution in [3.63, 3.8) is 0 Å². The van der Waals surface area contributed by atoms with E-state index in [0.717, 1.165) is 18.3 Å². The van der Waals surface area contributed by atoms with Crippen molar-refractivity contribution >= 4 is 0 Å². The summed E-state index contributed by atoms with van der Waals surface area (Å²) >= 11 is 0. The summed E-state index contributed by atoms with van der Waals surface area (Å²) in [7, 11) is 0. The van der Waals surface area contributed by atoms with Gasteiger partial charge >= 0.3 is 0 Å². The van der Waals surface area contributed by atoms with Crippen LogP contribution in [0.4, 0.5) is 0 Å². The van der Waals surface area contributed by atoms with E-state index in [4.69, 9.17) is 4.42 Å². The van der Waals surface area contributed by atoms with E-state index < -0.39 is 0 Å². The number of furan rings is 1. The zero-order valence-corrected chi connectivity index (χ0v) is 9.10. The highest BCUT2D eigenvalue weighted by Gasteiger charge is 2.40. The lowest BCUT2D eigenvalue weighted by Gasteiger charge is -2.10. The Labute approximate surface area is 85.5 Å². The third-order valence-electron chi connectivity index (χ3n) is 4.14. The molecule has 1 aromatic rings. The molecule has 0 bridgehead atoms. The number of hydrogen-bond donors (Lipinski definition) is 0. The molecule has 1 heteroatoms. The van der Waals surface area contributed by atoms with Crippen LogP contribution in [0.15, 0.2) is 4.42 Å². The Balaban J connectivity index is 2.11. The molecule has 14 heavy (non-hydrogen) atoms. The van der Waals surface area contributed by atoms with Gasteiger partial charge in [0, 0.05) is 12.0 Å². The van der Waals surface area contributed by atoms with Gasteiger partial charge in [0.2, 0.25) is 0 Å². The summed E-state index contributed by atoms with van der Waals surface area (Å²) in [5, 5.41) is 0. The van der Waals surface area contributed by atoms with Crippen molar-refractivity contribution in [1.29, 1.82) is 0 Å². The minimum atomic E-state index is 0.859. The van der Waals surface area contributed by atoms with E-state index in [9.17, 15) is 0 Å². The van der Waals surface area contributed by atoms with E-state index in [1.807, 2.05) is 0 Å². The van der Waals surface area contributed by atoms with Crippen LogP contribution < -0.4 is 0 Å². The smallest absolute Gasteiger partial charge is 0.107 e.